The van der Waals surface area contributed by atoms with Gasteiger partial charge in [0.25, 0.3) is 0 Å². The van der Waals surface area contributed by atoms with E-state index in [1.54, 1.807) is 6.92 Å². The zero-order valence-corrected chi connectivity index (χ0v) is 11.0. The van der Waals surface area contributed by atoms with E-state index in [1.807, 2.05) is 44.2 Å². The van der Waals surface area contributed by atoms with Crippen molar-refractivity contribution in [2.75, 3.05) is 0 Å². The molecule has 0 aliphatic heterocycles. The standard InChI is InChI=1S/C10H12O.C5H10O/c1-2-9(8-11)10-6-4-3-5-7-10;1-3-4-5(2)6/h3-9H,2H2,1H3;3-4H2,1-2H3/t9-;/m1./s1. The molecular formula is C15H22O2. The van der Waals surface area contributed by atoms with Gasteiger partial charge in [-0.1, -0.05) is 44.2 Å². The first-order valence-corrected chi connectivity index (χ1v) is 6.15. The first-order valence-electron chi connectivity index (χ1n) is 6.15. The van der Waals surface area contributed by atoms with Gasteiger partial charge in [0, 0.05) is 12.3 Å². The van der Waals surface area contributed by atoms with Crippen LogP contribution in [-0.4, -0.2) is 12.1 Å². The van der Waals surface area contributed by atoms with Crippen molar-refractivity contribution in [3.05, 3.63) is 35.9 Å². The van der Waals surface area contributed by atoms with Gasteiger partial charge in [-0.05, 0) is 25.3 Å². The molecule has 0 saturated heterocycles. The van der Waals surface area contributed by atoms with Gasteiger partial charge in [0.1, 0.15) is 12.1 Å². The van der Waals surface area contributed by atoms with Gasteiger partial charge in [-0.15, -0.1) is 0 Å². The van der Waals surface area contributed by atoms with Gasteiger partial charge in [-0.2, -0.15) is 0 Å². The van der Waals surface area contributed by atoms with E-state index in [-0.39, 0.29) is 11.7 Å². The third-order valence-corrected chi connectivity index (χ3v) is 2.43. The normalized spacial score (nSPS) is 11.0. The van der Waals surface area contributed by atoms with Crippen LogP contribution < -0.4 is 0 Å². The summed E-state index contributed by atoms with van der Waals surface area (Å²) in [6, 6.07) is 9.86. The van der Waals surface area contributed by atoms with E-state index >= 15 is 0 Å². The molecule has 0 bridgehead atoms. The predicted molar refractivity (Wildman–Crippen MR) is 71.1 cm³/mol. The minimum atomic E-state index is 0.0798. The highest BCUT2D eigenvalue weighted by molar-refractivity contribution is 5.75. The highest BCUT2D eigenvalue weighted by atomic mass is 16.1. The molecule has 1 atom stereocenters. The molecule has 17 heavy (non-hydrogen) atoms. The topological polar surface area (TPSA) is 34.1 Å². The molecule has 0 aromatic heterocycles. The Morgan fingerprint density at radius 3 is 2.12 bits per heavy atom. The predicted octanol–water partition coefficient (Wildman–Crippen LogP) is 3.75. The van der Waals surface area contributed by atoms with Gasteiger partial charge >= 0.3 is 0 Å². The maximum absolute atomic E-state index is 10.5. The summed E-state index contributed by atoms with van der Waals surface area (Å²) in [5.41, 5.74) is 1.12. The monoisotopic (exact) mass is 234 g/mol. The van der Waals surface area contributed by atoms with Crippen LogP contribution in [0.15, 0.2) is 30.3 Å². The third-order valence-electron chi connectivity index (χ3n) is 2.43. The number of aldehydes is 1. The van der Waals surface area contributed by atoms with Crippen LogP contribution in [0, 0.1) is 0 Å². The van der Waals surface area contributed by atoms with Gasteiger partial charge in [0.2, 0.25) is 0 Å². The molecule has 94 valence electrons. The molecule has 1 aromatic rings. The zero-order valence-electron chi connectivity index (χ0n) is 11.0. The minimum absolute atomic E-state index is 0.0798. The minimum Gasteiger partial charge on any atom is -0.303 e. The van der Waals surface area contributed by atoms with Gasteiger partial charge < -0.3 is 9.59 Å². The fourth-order valence-corrected chi connectivity index (χ4v) is 1.46. The number of rotatable bonds is 5. The highest BCUT2D eigenvalue weighted by Gasteiger charge is 2.04. The fourth-order valence-electron chi connectivity index (χ4n) is 1.46. The second kappa shape index (κ2) is 9.76. The van der Waals surface area contributed by atoms with Crippen LogP contribution >= 0.6 is 0 Å². The maximum atomic E-state index is 10.5. The molecule has 0 unspecified atom stereocenters. The quantitative estimate of drug-likeness (QED) is 0.727. The summed E-state index contributed by atoms with van der Waals surface area (Å²) in [4.78, 5) is 20.6. The van der Waals surface area contributed by atoms with Gasteiger partial charge in [-0.25, -0.2) is 0 Å². The molecule has 1 aromatic carbocycles. The average molecular weight is 234 g/mol. The summed E-state index contributed by atoms with van der Waals surface area (Å²) in [5.74, 6) is 0.369. The van der Waals surface area contributed by atoms with E-state index in [4.69, 9.17) is 0 Å². The zero-order chi connectivity index (χ0) is 13.1. The largest absolute Gasteiger partial charge is 0.303 e. The lowest BCUT2D eigenvalue weighted by Crippen LogP contribution is -1.96. The lowest BCUT2D eigenvalue weighted by Gasteiger charge is -2.05. The second-order valence-electron chi connectivity index (χ2n) is 4.01. The number of carbonyl (C=O) groups excluding carboxylic acids is 2. The van der Waals surface area contributed by atoms with Crippen LogP contribution in [0.25, 0.3) is 0 Å². The van der Waals surface area contributed by atoms with Crippen molar-refractivity contribution in [2.24, 2.45) is 0 Å². The van der Waals surface area contributed by atoms with Crippen molar-refractivity contribution < 1.29 is 9.59 Å². The van der Waals surface area contributed by atoms with E-state index < -0.39 is 0 Å². The molecule has 2 heteroatoms. The average Bonchev–Trinajstić information content (AvgIpc) is 2.32. The summed E-state index contributed by atoms with van der Waals surface area (Å²) >= 11 is 0. The smallest absolute Gasteiger partial charge is 0.129 e. The first kappa shape index (κ1) is 15.6. The summed E-state index contributed by atoms with van der Waals surface area (Å²) in [6.07, 6.45) is 3.61. The highest BCUT2D eigenvalue weighted by Crippen LogP contribution is 2.15. The molecule has 0 saturated carbocycles. The molecule has 0 spiro atoms. The number of ketones is 1. The fraction of sp³-hybridized carbons (Fsp3) is 0.467. The van der Waals surface area contributed by atoms with E-state index in [9.17, 15) is 9.59 Å². The second-order valence-corrected chi connectivity index (χ2v) is 4.01. The molecular weight excluding hydrogens is 212 g/mol. The Bertz CT molecular complexity index is 317. The number of Topliss-reactive ketones (excluding diaryl/α,β-unsaturated/α-hetero) is 1. The lowest BCUT2D eigenvalue weighted by molar-refractivity contribution is -0.117. The molecule has 0 radical (unpaired) electrons. The molecule has 2 nitrogen and oxygen atoms in total. The van der Waals surface area contributed by atoms with Gasteiger partial charge in [0.05, 0.1) is 0 Å². The SMILES string of the molecule is CCCC(C)=O.CC[C@H](C=O)c1ccccc1. The summed E-state index contributed by atoms with van der Waals surface area (Å²) in [5, 5.41) is 0. The van der Waals surface area contributed by atoms with Crippen molar-refractivity contribution >= 4 is 12.1 Å². The summed E-state index contributed by atoms with van der Waals surface area (Å²) < 4.78 is 0. The Morgan fingerprint density at radius 2 is 1.82 bits per heavy atom. The number of benzene rings is 1. The summed E-state index contributed by atoms with van der Waals surface area (Å²) in [6.45, 7) is 5.64. The van der Waals surface area contributed by atoms with Crippen LogP contribution in [0.3, 0.4) is 0 Å². The van der Waals surface area contributed by atoms with Crippen LogP contribution in [0.4, 0.5) is 0 Å². The molecule has 0 aliphatic rings. The Balaban J connectivity index is 0.000000366. The van der Waals surface area contributed by atoms with Crippen molar-refractivity contribution in [3.8, 4) is 0 Å². The molecule has 1 rings (SSSR count). The number of hydrogen-bond acceptors (Lipinski definition) is 2. The van der Waals surface area contributed by atoms with Crippen molar-refractivity contribution in [3.63, 3.8) is 0 Å². The van der Waals surface area contributed by atoms with Gasteiger partial charge in [0.15, 0.2) is 0 Å². The van der Waals surface area contributed by atoms with Crippen molar-refractivity contribution in [1.82, 2.24) is 0 Å². The number of carbonyl (C=O) groups is 2. The number of hydrogen-bond donors (Lipinski definition) is 0. The molecule has 0 amide bonds. The molecule has 0 N–H and O–H groups in total. The van der Waals surface area contributed by atoms with Crippen LogP contribution in [0.2, 0.25) is 0 Å². The molecule has 0 aliphatic carbocycles. The van der Waals surface area contributed by atoms with E-state index in [0.29, 0.717) is 0 Å². The van der Waals surface area contributed by atoms with E-state index in [1.165, 1.54) is 0 Å². The maximum Gasteiger partial charge on any atom is 0.129 e. The molecule has 0 fully saturated rings. The van der Waals surface area contributed by atoms with Crippen LogP contribution in [0.1, 0.15) is 51.5 Å². The third kappa shape index (κ3) is 7.45. The van der Waals surface area contributed by atoms with Crippen molar-refractivity contribution in [1.29, 1.82) is 0 Å². The summed E-state index contributed by atoms with van der Waals surface area (Å²) in [7, 11) is 0. The molecule has 0 heterocycles. The van der Waals surface area contributed by atoms with Crippen molar-refractivity contribution in [2.45, 2.75) is 46.0 Å². The Morgan fingerprint density at radius 1 is 1.24 bits per heavy atom. The van der Waals surface area contributed by atoms with Crippen LogP contribution in [0.5, 0.6) is 0 Å². The first-order chi connectivity index (χ1) is 8.15. The lowest BCUT2D eigenvalue weighted by atomic mass is 9.98. The Hall–Kier alpha value is -1.44. The van der Waals surface area contributed by atoms with Gasteiger partial charge in [-0.3, -0.25) is 0 Å². The Kier molecular flexibility index (Phi) is 8.94. The van der Waals surface area contributed by atoms with E-state index in [2.05, 4.69) is 0 Å². The van der Waals surface area contributed by atoms with E-state index in [0.717, 1.165) is 31.1 Å². The van der Waals surface area contributed by atoms with Crippen LogP contribution in [-0.2, 0) is 9.59 Å². The Labute approximate surface area is 104 Å².